The summed E-state index contributed by atoms with van der Waals surface area (Å²) >= 11 is 0. The summed E-state index contributed by atoms with van der Waals surface area (Å²) in [4.78, 5) is 14.7. The van der Waals surface area contributed by atoms with Crippen molar-refractivity contribution in [2.75, 3.05) is 32.5 Å². The average Bonchev–Trinajstić information content (AvgIpc) is 3.59. The van der Waals surface area contributed by atoms with Crippen molar-refractivity contribution in [2.24, 2.45) is 14.1 Å². The highest BCUT2D eigenvalue weighted by Gasteiger charge is 2.18. The number of rotatable bonds is 7. The van der Waals surface area contributed by atoms with Gasteiger partial charge in [0.1, 0.15) is 17.2 Å². The molecule has 0 fully saturated rings. The molecular formula is C28H29FN9+. The first kappa shape index (κ1) is 23.8. The number of H-pyrrole nitrogens is 2. The molecule has 0 aliphatic heterocycles. The van der Waals surface area contributed by atoms with E-state index in [1.165, 1.54) is 12.1 Å². The molecule has 0 saturated heterocycles. The highest BCUT2D eigenvalue weighted by atomic mass is 19.1. The van der Waals surface area contributed by atoms with Crippen LogP contribution in [-0.4, -0.2) is 61.9 Å². The van der Waals surface area contributed by atoms with E-state index < -0.39 is 0 Å². The largest absolute Gasteiger partial charge is 0.384 e. The van der Waals surface area contributed by atoms with Crippen LogP contribution >= 0.6 is 0 Å². The van der Waals surface area contributed by atoms with Gasteiger partial charge in [-0.15, -0.1) is 4.68 Å². The van der Waals surface area contributed by atoms with Gasteiger partial charge in [0.05, 0.1) is 18.1 Å². The van der Waals surface area contributed by atoms with Crippen molar-refractivity contribution >= 4 is 27.8 Å². The second-order valence-electron chi connectivity index (χ2n) is 9.73. The Bertz CT molecular complexity index is 1780. The molecule has 0 aliphatic carbocycles. The summed E-state index contributed by atoms with van der Waals surface area (Å²) in [5.41, 5.74) is 7.35. The van der Waals surface area contributed by atoms with Crippen LogP contribution in [0.5, 0.6) is 0 Å². The topological polar surface area (TPSA) is 94.3 Å². The van der Waals surface area contributed by atoms with Crippen LogP contribution in [0.3, 0.4) is 0 Å². The van der Waals surface area contributed by atoms with E-state index in [9.17, 15) is 4.39 Å². The lowest BCUT2D eigenvalue weighted by atomic mass is 10.0. The van der Waals surface area contributed by atoms with Crippen LogP contribution in [0.25, 0.3) is 56.0 Å². The van der Waals surface area contributed by atoms with Crippen molar-refractivity contribution in [3.8, 4) is 33.9 Å². The number of pyridine rings is 1. The fourth-order valence-corrected chi connectivity index (χ4v) is 4.73. The minimum Gasteiger partial charge on any atom is -0.384 e. The molecule has 6 rings (SSSR count). The lowest BCUT2D eigenvalue weighted by Gasteiger charge is -2.13. The first-order chi connectivity index (χ1) is 18.4. The van der Waals surface area contributed by atoms with Gasteiger partial charge in [-0.05, 0) is 56.1 Å². The summed E-state index contributed by atoms with van der Waals surface area (Å²) in [5, 5.41) is 11.9. The Morgan fingerprint density at radius 3 is 2.74 bits per heavy atom. The molecule has 4 heterocycles. The molecule has 6 aromatic rings. The number of fused-ring (bicyclic) bond motifs is 2. The summed E-state index contributed by atoms with van der Waals surface area (Å²) < 4.78 is 18.7. The van der Waals surface area contributed by atoms with Crippen molar-refractivity contribution < 1.29 is 9.07 Å². The molecule has 0 amide bonds. The third-order valence-corrected chi connectivity index (χ3v) is 6.84. The van der Waals surface area contributed by atoms with E-state index in [2.05, 4.69) is 53.3 Å². The Kier molecular flexibility index (Phi) is 5.88. The van der Waals surface area contributed by atoms with E-state index in [1.54, 1.807) is 6.20 Å². The zero-order chi connectivity index (χ0) is 26.4. The van der Waals surface area contributed by atoms with Gasteiger partial charge >= 0.3 is 0 Å². The highest BCUT2D eigenvalue weighted by molar-refractivity contribution is 5.97. The molecule has 0 spiro atoms. The number of nitrogens with one attached hydrogen (secondary N) is 3. The van der Waals surface area contributed by atoms with Crippen molar-refractivity contribution in [3.63, 3.8) is 0 Å². The van der Waals surface area contributed by atoms with Gasteiger partial charge in [0.2, 0.25) is 0 Å². The van der Waals surface area contributed by atoms with Crippen LogP contribution in [0.15, 0.2) is 60.9 Å². The first-order valence-corrected chi connectivity index (χ1v) is 12.4. The van der Waals surface area contributed by atoms with Crippen LogP contribution in [-0.2, 0) is 14.1 Å². The zero-order valence-electron chi connectivity index (χ0n) is 21.7. The standard InChI is InChI=1S/C28H28FN9/c1-36(2)12-10-30-20-14-18(13-19(29)16-20)21-7-9-31-27-25(21)32-28(33-27)26-22-15-17(5-6-23(22)34-35-26)24-8-11-37(3)38(24)4/h5-9,11,13-16,30H,10,12H2,1-4H3,(H,31,32,33,35)/p+1. The number of hydrogen-bond acceptors (Lipinski definition) is 5. The Morgan fingerprint density at radius 1 is 1.08 bits per heavy atom. The first-order valence-electron chi connectivity index (χ1n) is 12.4. The SMILES string of the molecule is CN(C)CCNc1cc(F)cc(-c2ccnc3nc(-c4n[nH]c5ccc(-c6cc[n+](C)n6C)cc45)[nH]c23)c1. The average molecular weight is 511 g/mol. The van der Waals surface area contributed by atoms with Gasteiger partial charge in [-0.2, -0.15) is 9.78 Å². The number of aryl methyl sites for hydroxylation is 1. The maximum absolute atomic E-state index is 14.6. The monoisotopic (exact) mass is 510 g/mol. The second-order valence-corrected chi connectivity index (χ2v) is 9.73. The molecule has 38 heavy (non-hydrogen) atoms. The Hall–Kier alpha value is -4.57. The second kappa shape index (κ2) is 9.38. The zero-order valence-corrected chi connectivity index (χ0v) is 21.7. The number of benzene rings is 2. The van der Waals surface area contributed by atoms with Crippen LogP contribution in [0.4, 0.5) is 10.1 Å². The molecule has 0 bridgehead atoms. The molecule has 192 valence electrons. The van der Waals surface area contributed by atoms with Crippen molar-refractivity contribution in [1.82, 2.24) is 34.7 Å². The number of anilines is 1. The fourth-order valence-electron chi connectivity index (χ4n) is 4.73. The molecule has 0 saturated carbocycles. The number of aromatic nitrogens is 7. The molecule has 0 radical (unpaired) electrons. The Balaban J connectivity index is 1.41. The predicted molar refractivity (Wildman–Crippen MR) is 147 cm³/mol. The molecule has 4 aromatic heterocycles. The van der Waals surface area contributed by atoms with Gasteiger partial charge in [0, 0.05) is 47.6 Å². The van der Waals surface area contributed by atoms with E-state index in [0.29, 0.717) is 23.7 Å². The predicted octanol–water partition coefficient (Wildman–Crippen LogP) is 4.11. The molecule has 9 nitrogen and oxygen atoms in total. The maximum Gasteiger partial charge on any atom is 0.196 e. The van der Waals surface area contributed by atoms with Gasteiger partial charge in [-0.1, -0.05) is 6.07 Å². The van der Waals surface area contributed by atoms with E-state index >= 15 is 0 Å². The minimum atomic E-state index is -0.306. The highest BCUT2D eigenvalue weighted by Crippen LogP contribution is 2.33. The van der Waals surface area contributed by atoms with Gasteiger partial charge in [0.15, 0.2) is 24.7 Å². The Labute approximate surface area is 218 Å². The normalized spacial score (nSPS) is 11.7. The van der Waals surface area contributed by atoms with Crippen molar-refractivity contribution in [1.29, 1.82) is 0 Å². The smallest absolute Gasteiger partial charge is 0.196 e. The molecular weight excluding hydrogens is 481 g/mol. The van der Waals surface area contributed by atoms with Crippen LogP contribution < -0.4 is 10.00 Å². The number of aromatic amines is 2. The molecule has 2 aromatic carbocycles. The quantitative estimate of drug-likeness (QED) is 0.281. The van der Waals surface area contributed by atoms with Crippen LogP contribution in [0, 0.1) is 5.82 Å². The number of imidazole rings is 1. The fraction of sp³-hybridized carbons (Fsp3) is 0.214. The molecule has 0 atom stereocenters. The summed E-state index contributed by atoms with van der Waals surface area (Å²) in [7, 11) is 8.05. The number of hydrogen-bond donors (Lipinski definition) is 3. The summed E-state index contributed by atoms with van der Waals surface area (Å²) in [6.07, 6.45) is 3.72. The van der Waals surface area contributed by atoms with Crippen LogP contribution in [0.2, 0.25) is 0 Å². The molecule has 3 N–H and O–H groups in total. The molecule has 10 heteroatoms. The molecule has 0 unspecified atom stereocenters. The van der Waals surface area contributed by atoms with E-state index in [1.807, 2.05) is 57.3 Å². The van der Waals surface area contributed by atoms with Crippen molar-refractivity contribution in [2.45, 2.75) is 0 Å². The van der Waals surface area contributed by atoms with E-state index in [4.69, 9.17) is 4.98 Å². The van der Waals surface area contributed by atoms with Gasteiger partial charge in [-0.25, -0.2) is 14.4 Å². The third-order valence-electron chi connectivity index (χ3n) is 6.84. The maximum atomic E-state index is 14.6. The Morgan fingerprint density at radius 2 is 1.95 bits per heavy atom. The van der Waals surface area contributed by atoms with E-state index in [-0.39, 0.29) is 5.82 Å². The van der Waals surface area contributed by atoms with Crippen molar-refractivity contribution in [3.05, 3.63) is 66.7 Å². The summed E-state index contributed by atoms with van der Waals surface area (Å²) in [6.45, 7) is 1.56. The minimum absolute atomic E-state index is 0.306. The number of nitrogens with zero attached hydrogens (tertiary/aromatic N) is 6. The summed E-state index contributed by atoms with van der Waals surface area (Å²) in [6, 6.07) is 15.2. The van der Waals surface area contributed by atoms with Gasteiger partial charge in [-0.3, -0.25) is 5.10 Å². The number of likely N-dealkylation sites (N-methyl/N-ethyl adjacent to an activating group) is 1. The lowest BCUT2D eigenvalue weighted by Crippen LogP contribution is -2.36. The third kappa shape index (κ3) is 4.28. The van der Waals surface area contributed by atoms with E-state index in [0.717, 1.165) is 51.0 Å². The van der Waals surface area contributed by atoms with Crippen LogP contribution in [0.1, 0.15) is 0 Å². The number of halogens is 1. The molecule has 0 aliphatic rings. The van der Waals surface area contributed by atoms with Gasteiger partial charge in [0.25, 0.3) is 0 Å². The van der Waals surface area contributed by atoms with Gasteiger partial charge < -0.3 is 15.2 Å². The summed E-state index contributed by atoms with van der Waals surface area (Å²) in [5.74, 6) is 0.293. The lowest BCUT2D eigenvalue weighted by molar-refractivity contribution is -0.750.